The molecule has 4 rings (SSSR count). The second-order valence-corrected chi connectivity index (χ2v) is 11.0. The average Bonchev–Trinajstić information content (AvgIpc) is 3.26. The number of halogens is 1. The maximum Gasteiger partial charge on any atom is 1.00 e. The van der Waals surface area contributed by atoms with Crippen LogP contribution in [-0.4, -0.2) is 56.2 Å². The molecule has 11 heteroatoms. The average molecular weight is 486 g/mol. The number of nitrogens with zero attached hydrogens (tertiary/aromatic N) is 2. The summed E-state index contributed by atoms with van der Waals surface area (Å²) in [6, 6.07) is 3.67. The molecule has 0 radical (unpaired) electrons. The Morgan fingerprint density at radius 1 is 1.24 bits per heavy atom. The molecule has 2 heterocycles. The van der Waals surface area contributed by atoms with E-state index in [1.165, 1.54) is 34.9 Å². The van der Waals surface area contributed by atoms with Gasteiger partial charge in [-0.15, -0.1) is 11.8 Å². The van der Waals surface area contributed by atoms with Gasteiger partial charge in [0.15, 0.2) is 5.71 Å². The van der Waals surface area contributed by atoms with Gasteiger partial charge >= 0.3 is 29.6 Å². The Morgan fingerprint density at radius 2 is 1.88 bits per heavy atom. The largest absolute Gasteiger partial charge is 1.00 e. The summed E-state index contributed by atoms with van der Waals surface area (Å²) in [5.74, 6) is -3.26. The monoisotopic (exact) mass is 485 g/mol. The number of nitrogens with one attached hydrogen (secondary N) is 1. The molecule has 1 N–H and O–H groups in total. The normalized spacial score (nSPS) is 27.3. The minimum absolute atomic E-state index is 0. The smallest absolute Gasteiger partial charge is 0.548 e. The van der Waals surface area contributed by atoms with Crippen LogP contribution in [0, 0.1) is 5.82 Å². The van der Waals surface area contributed by atoms with Gasteiger partial charge in [-0.2, -0.15) is 0 Å². The van der Waals surface area contributed by atoms with E-state index in [0.717, 1.165) is 25.7 Å². The van der Waals surface area contributed by atoms with Crippen molar-refractivity contribution in [1.29, 1.82) is 0 Å². The van der Waals surface area contributed by atoms with Crippen LogP contribution in [0.1, 0.15) is 52.0 Å². The van der Waals surface area contributed by atoms with Crippen LogP contribution < -0.4 is 40.0 Å². The second-order valence-electron chi connectivity index (χ2n) is 9.20. The number of carboxylic acids is 1. The predicted molar refractivity (Wildman–Crippen MR) is 114 cm³/mol. The van der Waals surface area contributed by atoms with Gasteiger partial charge in [0.25, 0.3) is 5.91 Å². The number of carbonyl (C=O) groups excluding carboxylic acids is 3. The molecule has 0 bridgehead atoms. The third kappa shape index (κ3) is 4.80. The molecule has 3 aliphatic rings. The molecular formula is C22H25FN3NaO5S. The first-order valence-corrected chi connectivity index (χ1v) is 11.4. The molecule has 0 aromatic heterocycles. The summed E-state index contributed by atoms with van der Waals surface area (Å²) in [5, 5.41) is 17.7. The van der Waals surface area contributed by atoms with Crippen molar-refractivity contribution in [3.63, 3.8) is 0 Å². The van der Waals surface area contributed by atoms with E-state index >= 15 is 0 Å². The van der Waals surface area contributed by atoms with E-state index in [1.807, 2.05) is 6.92 Å². The molecule has 1 aromatic rings. The topological polar surface area (TPSA) is 111 Å². The van der Waals surface area contributed by atoms with Gasteiger partial charge in [0, 0.05) is 10.3 Å². The summed E-state index contributed by atoms with van der Waals surface area (Å²) in [5.41, 5.74) is -0.837. The first kappa shape index (κ1) is 26.0. The van der Waals surface area contributed by atoms with Gasteiger partial charge in [0.1, 0.15) is 22.8 Å². The minimum atomic E-state index is -1.34. The maximum absolute atomic E-state index is 14.5. The zero-order chi connectivity index (χ0) is 23.3. The maximum atomic E-state index is 14.5. The summed E-state index contributed by atoms with van der Waals surface area (Å²) in [4.78, 5) is 44.3. The van der Waals surface area contributed by atoms with E-state index in [4.69, 9.17) is 4.84 Å². The number of benzene rings is 1. The molecule has 3 fully saturated rings. The molecule has 3 atom stereocenters. The number of amides is 2. The van der Waals surface area contributed by atoms with Crippen molar-refractivity contribution in [3.05, 3.63) is 35.6 Å². The van der Waals surface area contributed by atoms with Crippen LogP contribution in [0.2, 0.25) is 0 Å². The van der Waals surface area contributed by atoms with Gasteiger partial charge in [-0.1, -0.05) is 17.3 Å². The summed E-state index contributed by atoms with van der Waals surface area (Å²) in [7, 11) is 0. The Bertz CT molecular complexity index is 998. The Kier molecular flexibility index (Phi) is 7.53. The van der Waals surface area contributed by atoms with Crippen molar-refractivity contribution in [2.75, 3.05) is 0 Å². The molecule has 33 heavy (non-hydrogen) atoms. The van der Waals surface area contributed by atoms with Crippen LogP contribution >= 0.6 is 11.8 Å². The molecular weight excluding hydrogens is 460 g/mol. The van der Waals surface area contributed by atoms with Crippen molar-refractivity contribution < 1.29 is 58.3 Å². The molecule has 2 amide bonds. The molecule has 0 unspecified atom stereocenters. The molecule has 2 saturated heterocycles. The van der Waals surface area contributed by atoms with Gasteiger partial charge < -0.3 is 25.0 Å². The number of carboxylic acid groups (broad SMARTS) is 1. The number of fused-ring (bicyclic) bond motifs is 1. The van der Waals surface area contributed by atoms with E-state index in [1.54, 1.807) is 19.9 Å². The first-order valence-electron chi connectivity index (χ1n) is 10.6. The van der Waals surface area contributed by atoms with Crippen LogP contribution in [0.25, 0.3) is 0 Å². The SMILES string of the molecule is CC1(O/N=C(\C(=O)N[C@H]2C(=O)N3[C@@H]2SC(C)(C)[C@@H]3C(=O)[O-])c2ccccc2F)CCCC1.[Na+]. The van der Waals surface area contributed by atoms with E-state index in [2.05, 4.69) is 10.5 Å². The molecule has 1 aromatic carbocycles. The first-order chi connectivity index (χ1) is 15.0. The Balaban J connectivity index is 0.00000306. The summed E-state index contributed by atoms with van der Waals surface area (Å²) in [6.07, 6.45) is 3.51. The Hall–Kier alpha value is -1.62. The zero-order valence-electron chi connectivity index (χ0n) is 19.1. The minimum Gasteiger partial charge on any atom is -0.548 e. The molecule has 8 nitrogen and oxygen atoms in total. The van der Waals surface area contributed by atoms with Crippen molar-refractivity contribution in [2.24, 2.45) is 5.16 Å². The summed E-state index contributed by atoms with van der Waals surface area (Å²) in [6.45, 7) is 5.32. The zero-order valence-corrected chi connectivity index (χ0v) is 21.9. The van der Waals surface area contributed by atoms with Crippen LogP contribution in [0.4, 0.5) is 4.39 Å². The standard InChI is InChI=1S/C22H26FN3O5S.Na/c1-21(2)16(20(29)30)26-18(28)15(19(26)32-21)24-17(27)14(12-8-4-5-9-13(12)23)25-31-22(3)10-6-7-11-22;/h4-5,8-9,15-16,19H,6-7,10-11H2,1-3H3,(H,24,27)(H,29,30);/q;+1/p-1/b25-14-;/t15-,16-,19+;/m0./s1. The van der Waals surface area contributed by atoms with Crippen molar-refractivity contribution >= 4 is 35.3 Å². The van der Waals surface area contributed by atoms with E-state index < -0.39 is 51.4 Å². The van der Waals surface area contributed by atoms with E-state index in [-0.39, 0.29) is 40.8 Å². The van der Waals surface area contributed by atoms with Gasteiger partial charge in [0.05, 0.1) is 12.0 Å². The van der Waals surface area contributed by atoms with E-state index in [0.29, 0.717) is 0 Å². The fraction of sp³-hybridized carbons (Fsp3) is 0.545. The molecule has 1 aliphatic carbocycles. The van der Waals surface area contributed by atoms with Crippen molar-refractivity contribution in [2.45, 2.75) is 74.3 Å². The third-order valence-corrected chi connectivity index (χ3v) is 7.89. The molecule has 2 aliphatic heterocycles. The predicted octanol–water partition coefficient (Wildman–Crippen LogP) is -1.82. The number of hydrogen-bond donors (Lipinski definition) is 1. The fourth-order valence-electron chi connectivity index (χ4n) is 4.57. The number of β-lactam (4-membered cyclic amide) rings is 1. The third-order valence-electron chi connectivity index (χ3n) is 6.31. The second kappa shape index (κ2) is 9.56. The van der Waals surface area contributed by atoms with Gasteiger partial charge in [-0.25, -0.2) is 4.39 Å². The van der Waals surface area contributed by atoms with Gasteiger partial charge in [-0.3, -0.25) is 9.59 Å². The van der Waals surface area contributed by atoms with Crippen LogP contribution in [-0.2, 0) is 19.2 Å². The van der Waals surface area contributed by atoms with Gasteiger partial charge in [0.2, 0.25) is 5.91 Å². The number of rotatable bonds is 6. The molecule has 1 saturated carbocycles. The number of oxime groups is 1. The van der Waals surface area contributed by atoms with Crippen LogP contribution in [0.5, 0.6) is 0 Å². The fourth-order valence-corrected chi connectivity index (χ4v) is 6.19. The van der Waals surface area contributed by atoms with Gasteiger partial charge in [-0.05, 0) is 58.6 Å². The number of aliphatic carboxylic acids is 1. The quantitative estimate of drug-likeness (QED) is 0.220. The number of carbonyl (C=O) groups is 3. The molecule has 172 valence electrons. The summed E-state index contributed by atoms with van der Waals surface area (Å²) < 4.78 is 13.7. The summed E-state index contributed by atoms with van der Waals surface area (Å²) >= 11 is 1.28. The number of thioether (sulfide) groups is 1. The van der Waals surface area contributed by atoms with Crippen molar-refractivity contribution in [1.82, 2.24) is 10.2 Å². The van der Waals surface area contributed by atoms with Crippen molar-refractivity contribution in [3.8, 4) is 0 Å². The Labute approximate surface area is 218 Å². The molecule has 0 spiro atoms. The van der Waals surface area contributed by atoms with Crippen LogP contribution in [0.3, 0.4) is 0 Å². The van der Waals surface area contributed by atoms with E-state index in [9.17, 15) is 23.9 Å². The van der Waals surface area contributed by atoms with Crippen LogP contribution in [0.15, 0.2) is 29.4 Å². The Morgan fingerprint density at radius 3 is 2.48 bits per heavy atom. The number of hydrogen-bond acceptors (Lipinski definition) is 7.